The first-order valence-corrected chi connectivity index (χ1v) is 6.73. The van der Waals surface area contributed by atoms with Gasteiger partial charge in [-0.05, 0) is 31.4 Å². The first-order chi connectivity index (χ1) is 8.17. The Morgan fingerprint density at radius 2 is 1.56 bits per heavy atom. The van der Waals surface area contributed by atoms with Gasteiger partial charge in [-0.3, -0.25) is 4.90 Å². The molecule has 102 valence electrons. The molecule has 1 N–H and O–H groups in total. The van der Waals surface area contributed by atoms with Crippen LogP contribution in [0.4, 0.5) is 0 Å². The molecule has 2 unspecified atom stereocenters. The van der Waals surface area contributed by atoms with Gasteiger partial charge in [-0.1, -0.05) is 31.2 Å². The molecular weight excluding hydrogens is 244 g/mol. The molecule has 1 aromatic rings. The number of piperazine rings is 1. The molecule has 0 amide bonds. The first kappa shape index (κ1) is 15.5. The van der Waals surface area contributed by atoms with Crippen LogP contribution in [0.25, 0.3) is 0 Å². The van der Waals surface area contributed by atoms with E-state index in [1.807, 2.05) is 0 Å². The van der Waals surface area contributed by atoms with Gasteiger partial charge in [-0.15, -0.1) is 12.4 Å². The average Bonchev–Trinajstić information content (AvgIpc) is 2.28. The minimum absolute atomic E-state index is 0. The Morgan fingerprint density at radius 3 is 2.06 bits per heavy atom. The van der Waals surface area contributed by atoms with Gasteiger partial charge in [0.05, 0.1) is 0 Å². The maximum Gasteiger partial charge on any atom is 0.0235 e. The highest BCUT2D eigenvalue weighted by Gasteiger charge is 2.20. The fourth-order valence-electron chi connectivity index (χ4n) is 2.71. The number of rotatable bonds is 3. The lowest BCUT2D eigenvalue weighted by molar-refractivity contribution is 0.166. The van der Waals surface area contributed by atoms with Crippen LogP contribution in [0.3, 0.4) is 0 Å². The van der Waals surface area contributed by atoms with E-state index in [9.17, 15) is 0 Å². The molecule has 1 heterocycles. The van der Waals surface area contributed by atoms with Crippen molar-refractivity contribution in [2.24, 2.45) is 0 Å². The lowest BCUT2D eigenvalue weighted by Gasteiger charge is -2.36. The molecule has 18 heavy (non-hydrogen) atoms. The van der Waals surface area contributed by atoms with Crippen LogP contribution in [0.1, 0.15) is 31.9 Å². The second kappa shape index (κ2) is 7.13. The topological polar surface area (TPSA) is 15.3 Å². The highest BCUT2D eigenvalue weighted by atomic mass is 35.5. The summed E-state index contributed by atoms with van der Waals surface area (Å²) in [5.41, 5.74) is 2.86. The third-order valence-electron chi connectivity index (χ3n) is 3.47. The second-order valence-electron chi connectivity index (χ2n) is 5.33. The molecule has 1 aliphatic rings. The molecule has 0 aliphatic carbocycles. The van der Waals surface area contributed by atoms with Crippen molar-refractivity contribution in [2.45, 2.75) is 45.8 Å². The molecule has 0 spiro atoms. The van der Waals surface area contributed by atoms with Gasteiger partial charge in [0.2, 0.25) is 0 Å². The van der Waals surface area contributed by atoms with E-state index in [-0.39, 0.29) is 12.4 Å². The number of hydrogen-bond acceptors (Lipinski definition) is 2. The van der Waals surface area contributed by atoms with E-state index >= 15 is 0 Å². The van der Waals surface area contributed by atoms with Crippen molar-refractivity contribution in [1.82, 2.24) is 10.2 Å². The molecule has 1 aromatic carbocycles. The summed E-state index contributed by atoms with van der Waals surface area (Å²) < 4.78 is 0. The smallest absolute Gasteiger partial charge is 0.0235 e. The van der Waals surface area contributed by atoms with Gasteiger partial charge in [0, 0.05) is 31.7 Å². The van der Waals surface area contributed by atoms with Crippen molar-refractivity contribution in [3.05, 3.63) is 35.4 Å². The third kappa shape index (κ3) is 4.27. The highest BCUT2D eigenvalue weighted by Crippen LogP contribution is 2.11. The molecular formula is C15H25ClN2. The molecule has 2 atom stereocenters. The molecule has 2 nitrogen and oxygen atoms in total. The maximum atomic E-state index is 3.57. The molecule has 1 fully saturated rings. The summed E-state index contributed by atoms with van der Waals surface area (Å²) in [6, 6.07) is 10.3. The largest absolute Gasteiger partial charge is 0.309 e. The predicted octanol–water partition coefficient (Wildman–Crippen LogP) is 2.85. The third-order valence-corrected chi connectivity index (χ3v) is 3.47. The fraction of sp³-hybridized carbons (Fsp3) is 0.600. The summed E-state index contributed by atoms with van der Waals surface area (Å²) in [5, 5.41) is 3.57. The summed E-state index contributed by atoms with van der Waals surface area (Å²) in [6.07, 6.45) is 1.13. The standard InChI is InChI=1S/C15H24N2.ClH/c1-4-14-5-7-15(8-6-14)11-17-9-12(2)16-13(3)10-17;/h5-8,12-13,16H,4,9-11H2,1-3H3;1H. The van der Waals surface area contributed by atoms with E-state index < -0.39 is 0 Å². The van der Waals surface area contributed by atoms with Crippen molar-refractivity contribution in [3.63, 3.8) is 0 Å². The number of nitrogens with one attached hydrogen (secondary N) is 1. The van der Waals surface area contributed by atoms with Gasteiger partial charge < -0.3 is 5.32 Å². The van der Waals surface area contributed by atoms with Gasteiger partial charge in [0.25, 0.3) is 0 Å². The number of nitrogens with zero attached hydrogens (tertiary/aromatic N) is 1. The molecule has 3 heteroatoms. The Morgan fingerprint density at radius 1 is 1.06 bits per heavy atom. The van der Waals surface area contributed by atoms with Gasteiger partial charge in [0.1, 0.15) is 0 Å². The van der Waals surface area contributed by atoms with Crippen LogP contribution >= 0.6 is 12.4 Å². The van der Waals surface area contributed by atoms with Crippen molar-refractivity contribution in [2.75, 3.05) is 13.1 Å². The maximum absolute atomic E-state index is 3.57. The summed E-state index contributed by atoms with van der Waals surface area (Å²) in [6.45, 7) is 10.1. The first-order valence-electron chi connectivity index (χ1n) is 6.73. The average molecular weight is 269 g/mol. The fourth-order valence-corrected chi connectivity index (χ4v) is 2.71. The van der Waals surface area contributed by atoms with E-state index in [2.05, 4.69) is 55.3 Å². The quantitative estimate of drug-likeness (QED) is 0.907. The van der Waals surface area contributed by atoms with Crippen LogP contribution in [-0.2, 0) is 13.0 Å². The Kier molecular flexibility index (Phi) is 6.13. The van der Waals surface area contributed by atoms with E-state index in [1.54, 1.807) is 0 Å². The Balaban J connectivity index is 0.00000162. The van der Waals surface area contributed by atoms with E-state index in [0.29, 0.717) is 12.1 Å². The second-order valence-corrected chi connectivity index (χ2v) is 5.33. The van der Waals surface area contributed by atoms with Gasteiger partial charge >= 0.3 is 0 Å². The van der Waals surface area contributed by atoms with Crippen molar-refractivity contribution in [1.29, 1.82) is 0 Å². The van der Waals surface area contributed by atoms with Crippen LogP contribution in [0.5, 0.6) is 0 Å². The zero-order valence-electron chi connectivity index (χ0n) is 11.6. The molecule has 1 saturated heterocycles. The molecule has 2 rings (SSSR count). The van der Waals surface area contributed by atoms with Gasteiger partial charge in [-0.2, -0.15) is 0 Å². The Bertz CT molecular complexity index is 340. The van der Waals surface area contributed by atoms with Gasteiger partial charge in [0.15, 0.2) is 0 Å². The van der Waals surface area contributed by atoms with Crippen LogP contribution in [0.2, 0.25) is 0 Å². The molecule has 0 bridgehead atoms. The zero-order valence-corrected chi connectivity index (χ0v) is 12.5. The number of halogens is 1. The molecule has 1 aliphatic heterocycles. The molecule has 0 aromatic heterocycles. The van der Waals surface area contributed by atoms with Crippen LogP contribution in [0, 0.1) is 0 Å². The van der Waals surface area contributed by atoms with E-state index in [4.69, 9.17) is 0 Å². The van der Waals surface area contributed by atoms with Crippen LogP contribution < -0.4 is 5.32 Å². The molecule has 0 radical (unpaired) electrons. The number of hydrogen-bond donors (Lipinski definition) is 1. The monoisotopic (exact) mass is 268 g/mol. The van der Waals surface area contributed by atoms with Crippen LogP contribution in [0.15, 0.2) is 24.3 Å². The summed E-state index contributed by atoms with van der Waals surface area (Å²) >= 11 is 0. The summed E-state index contributed by atoms with van der Waals surface area (Å²) in [5.74, 6) is 0. The minimum Gasteiger partial charge on any atom is -0.309 e. The Hall–Kier alpha value is -0.570. The van der Waals surface area contributed by atoms with Crippen molar-refractivity contribution in [3.8, 4) is 0 Å². The predicted molar refractivity (Wildman–Crippen MR) is 80.4 cm³/mol. The van der Waals surface area contributed by atoms with E-state index in [0.717, 1.165) is 26.1 Å². The van der Waals surface area contributed by atoms with Gasteiger partial charge in [-0.25, -0.2) is 0 Å². The zero-order chi connectivity index (χ0) is 12.3. The SMILES string of the molecule is CCc1ccc(CN2CC(C)NC(C)C2)cc1.Cl. The van der Waals surface area contributed by atoms with Crippen molar-refractivity contribution < 1.29 is 0 Å². The van der Waals surface area contributed by atoms with Crippen molar-refractivity contribution >= 4 is 12.4 Å². The highest BCUT2D eigenvalue weighted by molar-refractivity contribution is 5.85. The summed E-state index contributed by atoms with van der Waals surface area (Å²) in [4.78, 5) is 2.55. The number of aryl methyl sites for hydroxylation is 1. The molecule has 0 saturated carbocycles. The summed E-state index contributed by atoms with van der Waals surface area (Å²) in [7, 11) is 0. The lowest BCUT2D eigenvalue weighted by atomic mass is 10.1. The minimum atomic E-state index is 0. The normalized spacial score (nSPS) is 24.6. The van der Waals surface area contributed by atoms with E-state index in [1.165, 1.54) is 11.1 Å². The number of benzene rings is 1. The van der Waals surface area contributed by atoms with Crippen LogP contribution in [-0.4, -0.2) is 30.1 Å². The Labute approximate surface area is 117 Å². The lowest BCUT2D eigenvalue weighted by Crippen LogP contribution is -2.53.